The summed E-state index contributed by atoms with van der Waals surface area (Å²) in [5, 5.41) is 8.28. The van der Waals surface area contributed by atoms with E-state index in [2.05, 4.69) is 30.6 Å². The van der Waals surface area contributed by atoms with Crippen LogP contribution in [0.2, 0.25) is 0 Å². The molecule has 4 N–H and O–H groups in total. The highest BCUT2D eigenvalue weighted by Gasteiger charge is 2.31. The Morgan fingerprint density at radius 1 is 1.07 bits per heavy atom. The number of nitrogens with one attached hydrogen (secondary N) is 2. The fourth-order valence-electron chi connectivity index (χ4n) is 5.22. The number of aromatic nitrogens is 4. The number of nitrogen functional groups attached to an aromatic ring is 1. The molecule has 0 aliphatic carbocycles. The Bertz CT molecular complexity index is 1710. The van der Waals surface area contributed by atoms with Crippen LogP contribution in [0, 0.1) is 12.7 Å². The number of aryl methyl sites for hydroxylation is 1. The molecular formula is C31H29FN8O. The largest absolute Gasteiger partial charge is 0.384 e. The highest BCUT2D eigenvalue weighted by Crippen LogP contribution is 2.32. The number of rotatable bonds is 6. The van der Waals surface area contributed by atoms with Crippen molar-refractivity contribution in [1.29, 1.82) is 0 Å². The number of benzene rings is 2. The zero-order valence-electron chi connectivity index (χ0n) is 22.5. The second-order valence-corrected chi connectivity index (χ2v) is 10.0. The van der Waals surface area contributed by atoms with Crippen molar-refractivity contribution >= 4 is 40.0 Å². The van der Waals surface area contributed by atoms with Crippen LogP contribution in [0.15, 0.2) is 79.3 Å². The molecular weight excluding hydrogens is 519 g/mol. The van der Waals surface area contributed by atoms with Crippen LogP contribution in [0.3, 0.4) is 0 Å². The van der Waals surface area contributed by atoms with Gasteiger partial charge >= 0.3 is 0 Å². The lowest BCUT2D eigenvalue weighted by molar-refractivity contribution is 0.0968. The summed E-state index contributed by atoms with van der Waals surface area (Å²) in [7, 11) is 0. The molecule has 41 heavy (non-hydrogen) atoms. The maximum atomic E-state index is 15.6. The molecule has 1 amide bonds. The molecule has 6 rings (SSSR count). The SMILES string of the molecule is Cc1cccc2ccnc(N(C(=O)c3ccc(Nc4nccc(-c5ccc(N)nc5)n4)cc3F)[C@@H]3CCCNC3)c12. The molecule has 9 nitrogen and oxygen atoms in total. The Labute approximate surface area is 236 Å². The fourth-order valence-corrected chi connectivity index (χ4v) is 5.22. The predicted molar refractivity (Wildman–Crippen MR) is 159 cm³/mol. The van der Waals surface area contributed by atoms with Crippen molar-refractivity contribution in [2.75, 3.05) is 29.0 Å². The number of piperidine rings is 1. The molecule has 206 valence electrons. The lowest BCUT2D eigenvalue weighted by Gasteiger charge is -2.35. The number of fused-ring (bicyclic) bond motifs is 1. The van der Waals surface area contributed by atoms with E-state index in [4.69, 9.17) is 5.73 Å². The summed E-state index contributed by atoms with van der Waals surface area (Å²) >= 11 is 0. The normalized spacial score (nSPS) is 15.0. The van der Waals surface area contributed by atoms with E-state index in [1.54, 1.807) is 41.7 Å². The Morgan fingerprint density at radius 3 is 2.73 bits per heavy atom. The standard InChI is InChI=1S/C31H29FN8O/c1-19-4-2-5-20-11-14-35-29(28(19)20)40(23-6-3-13-34-18-23)30(41)24-9-8-22(16-25(24)32)38-31-36-15-12-26(39-31)21-7-10-27(33)37-17-21/h2,4-5,7-12,14-17,23,34H,3,6,13,18H2,1H3,(H2,33,37)(H,36,38,39)/t23-/m1/s1. The minimum absolute atomic E-state index is 0.0314. The van der Waals surface area contributed by atoms with Crippen LogP contribution in [0.1, 0.15) is 28.8 Å². The number of carbonyl (C=O) groups excluding carboxylic acids is 1. The van der Waals surface area contributed by atoms with Gasteiger partial charge in [-0.15, -0.1) is 0 Å². The van der Waals surface area contributed by atoms with E-state index in [9.17, 15) is 4.79 Å². The predicted octanol–water partition coefficient (Wildman–Crippen LogP) is 5.26. The van der Waals surface area contributed by atoms with Crippen molar-refractivity contribution in [1.82, 2.24) is 25.3 Å². The molecule has 4 heterocycles. The molecule has 0 saturated carbocycles. The third kappa shape index (κ3) is 5.42. The second-order valence-electron chi connectivity index (χ2n) is 10.0. The van der Waals surface area contributed by atoms with Crippen LogP contribution < -0.4 is 21.3 Å². The van der Waals surface area contributed by atoms with Gasteiger partial charge in [-0.25, -0.2) is 24.3 Å². The number of hydrogen-bond acceptors (Lipinski definition) is 8. The second kappa shape index (κ2) is 11.3. The van der Waals surface area contributed by atoms with Gasteiger partial charge in [-0.1, -0.05) is 18.2 Å². The van der Waals surface area contributed by atoms with E-state index in [1.807, 2.05) is 37.3 Å². The van der Waals surface area contributed by atoms with Crippen LogP contribution in [0.25, 0.3) is 22.0 Å². The van der Waals surface area contributed by atoms with E-state index >= 15 is 4.39 Å². The maximum Gasteiger partial charge on any atom is 0.262 e. The lowest BCUT2D eigenvalue weighted by Crippen LogP contribution is -2.49. The highest BCUT2D eigenvalue weighted by atomic mass is 19.1. The number of halogens is 1. The average molecular weight is 549 g/mol. The van der Waals surface area contributed by atoms with Gasteiger partial charge in [0.2, 0.25) is 5.95 Å². The molecule has 1 aliphatic heterocycles. The molecule has 5 aromatic rings. The molecule has 3 aromatic heterocycles. The molecule has 1 saturated heterocycles. The van der Waals surface area contributed by atoms with Crippen molar-refractivity contribution < 1.29 is 9.18 Å². The number of nitrogens with zero attached hydrogens (tertiary/aromatic N) is 5. The van der Waals surface area contributed by atoms with Crippen molar-refractivity contribution in [2.24, 2.45) is 0 Å². The van der Waals surface area contributed by atoms with Gasteiger partial charge in [-0.05, 0) is 79.7 Å². The first-order chi connectivity index (χ1) is 20.0. The first-order valence-corrected chi connectivity index (χ1v) is 13.5. The number of hydrogen-bond donors (Lipinski definition) is 3. The monoisotopic (exact) mass is 548 g/mol. The molecule has 1 atom stereocenters. The third-order valence-corrected chi connectivity index (χ3v) is 7.26. The van der Waals surface area contributed by atoms with Crippen LogP contribution in [-0.4, -0.2) is 45.0 Å². The summed E-state index contributed by atoms with van der Waals surface area (Å²) in [5.74, 6) is 0.159. The molecule has 1 fully saturated rings. The number of nitrogens with two attached hydrogens (primary N) is 1. The van der Waals surface area contributed by atoms with Gasteiger partial charge in [-0.2, -0.15) is 0 Å². The van der Waals surface area contributed by atoms with E-state index in [0.717, 1.165) is 41.3 Å². The summed E-state index contributed by atoms with van der Waals surface area (Å²) in [6.07, 6.45) is 6.63. The van der Waals surface area contributed by atoms with E-state index in [0.29, 0.717) is 29.6 Å². The zero-order chi connectivity index (χ0) is 28.3. The Balaban J connectivity index is 1.31. The topological polar surface area (TPSA) is 122 Å². The smallest absolute Gasteiger partial charge is 0.262 e. The number of pyridine rings is 2. The molecule has 0 spiro atoms. The van der Waals surface area contributed by atoms with Crippen LogP contribution >= 0.6 is 0 Å². The van der Waals surface area contributed by atoms with Gasteiger partial charge in [0.1, 0.15) is 17.5 Å². The van der Waals surface area contributed by atoms with Gasteiger partial charge < -0.3 is 16.4 Å². The van der Waals surface area contributed by atoms with Gasteiger partial charge in [0, 0.05) is 41.8 Å². The Hall–Kier alpha value is -4.96. The van der Waals surface area contributed by atoms with Crippen LogP contribution in [-0.2, 0) is 0 Å². The van der Waals surface area contributed by atoms with E-state index in [-0.39, 0.29) is 17.6 Å². The van der Waals surface area contributed by atoms with Crippen molar-refractivity contribution in [3.8, 4) is 11.3 Å². The molecule has 10 heteroatoms. The van der Waals surface area contributed by atoms with E-state index < -0.39 is 11.7 Å². The summed E-state index contributed by atoms with van der Waals surface area (Å²) in [4.78, 5) is 33.2. The molecule has 0 radical (unpaired) electrons. The van der Waals surface area contributed by atoms with Gasteiger partial charge in [-0.3, -0.25) is 9.69 Å². The Morgan fingerprint density at radius 2 is 1.95 bits per heavy atom. The highest BCUT2D eigenvalue weighted by molar-refractivity contribution is 6.11. The summed E-state index contributed by atoms with van der Waals surface area (Å²) in [6.45, 7) is 3.48. The Kier molecular flexibility index (Phi) is 7.22. The lowest BCUT2D eigenvalue weighted by atomic mass is 10.0. The number of carbonyl (C=O) groups is 1. The van der Waals surface area contributed by atoms with E-state index in [1.165, 1.54) is 12.1 Å². The van der Waals surface area contributed by atoms with Crippen molar-refractivity contribution in [2.45, 2.75) is 25.8 Å². The van der Waals surface area contributed by atoms with Crippen molar-refractivity contribution in [3.63, 3.8) is 0 Å². The first kappa shape index (κ1) is 26.3. The molecule has 1 aliphatic rings. The van der Waals surface area contributed by atoms with Crippen LogP contribution in [0.5, 0.6) is 0 Å². The quantitative estimate of drug-likeness (QED) is 0.263. The minimum atomic E-state index is -0.649. The van der Waals surface area contributed by atoms with Gasteiger partial charge in [0.15, 0.2) is 0 Å². The fraction of sp³-hybridized carbons (Fsp3) is 0.194. The van der Waals surface area contributed by atoms with Crippen LogP contribution in [0.4, 0.5) is 27.7 Å². The summed E-state index contributed by atoms with van der Waals surface area (Å²) in [5.41, 5.74) is 8.48. The van der Waals surface area contributed by atoms with Crippen molar-refractivity contribution in [3.05, 3.63) is 96.2 Å². The maximum absolute atomic E-state index is 15.6. The number of anilines is 4. The first-order valence-electron chi connectivity index (χ1n) is 13.5. The average Bonchev–Trinajstić information content (AvgIpc) is 2.98. The van der Waals surface area contributed by atoms with Gasteiger partial charge in [0.05, 0.1) is 17.3 Å². The van der Waals surface area contributed by atoms with Gasteiger partial charge in [0.25, 0.3) is 5.91 Å². The molecule has 0 unspecified atom stereocenters. The molecule has 2 aromatic carbocycles. The summed E-state index contributed by atoms with van der Waals surface area (Å²) in [6, 6.07) is 17.4. The minimum Gasteiger partial charge on any atom is -0.384 e. The third-order valence-electron chi connectivity index (χ3n) is 7.26. The molecule has 0 bridgehead atoms. The number of amides is 1. The zero-order valence-corrected chi connectivity index (χ0v) is 22.5. The summed E-state index contributed by atoms with van der Waals surface area (Å²) < 4.78 is 15.6.